The number of benzene rings is 2. The van der Waals surface area contributed by atoms with E-state index in [0.717, 1.165) is 27.9 Å². The van der Waals surface area contributed by atoms with E-state index in [1.54, 1.807) is 29.4 Å². The van der Waals surface area contributed by atoms with Gasteiger partial charge in [-0.3, -0.25) is 4.57 Å². The van der Waals surface area contributed by atoms with Crippen LogP contribution in [0.25, 0.3) is 38.8 Å². The fraction of sp³-hybridized carbons (Fsp3) is 0.267. The number of amides is 1. The normalized spacial score (nSPS) is 14.2. The summed E-state index contributed by atoms with van der Waals surface area (Å²) in [5.41, 5.74) is 3.22. The van der Waals surface area contributed by atoms with Gasteiger partial charge in [0.05, 0.1) is 22.2 Å². The largest absolute Gasteiger partial charge is 0.444 e. The number of halogens is 2. The molecule has 204 valence electrons. The second kappa shape index (κ2) is 9.86. The number of aromatic nitrogens is 4. The lowest BCUT2D eigenvalue weighted by atomic mass is 10.1. The van der Waals surface area contributed by atoms with Crippen molar-refractivity contribution >= 4 is 33.8 Å². The number of ether oxygens (including phenoxy) is 1. The van der Waals surface area contributed by atoms with E-state index in [1.165, 1.54) is 12.3 Å². The summed E-state index contributed by atoms with van der Waals surface area (Å²) in [4.78, 5) is 29.3. The van der Waals surface area contributed by atoms with Gasteiger partial charge in [-0.25, -0.2) is 24.1 Å². The topological polar surface area (TPSA) is 76.4 Å². The predicted octanol–water partition coefficient (Wildman–Crippen LogP) is 5.97. The molecule has 6 rings (SSSR count). The SMILES string of the molecule is CC(C)(C)OC(=O)N1CCN(c2cc(-n3cnc4ccc(-c5ccnc(F)c5F)cc43)c3ccccc3n2)CC1. The van der Waals surface area contributed by atoms with E-state index in [9.17, 15) is 13.6 Å². The molecule has 10 heteroatoms. The first-order valence-electron chi connectivity index (χ1n) is 13.1. The Labute approximate surface area is 229 Å². The van der Waals surface area contributed by atoms with E-state index in [4.69, 9.17) is 9.72 Å². The van der Waals surface area contributed by atoms with Crippen LogP contribution in [0.5, 0.6) is 0 Å². The Balaban J connectivity index is 1.38. The number of rotatable bonds is 3. The van der Waals surface area contributed by atoms with Gasteiger partial charge in [-0.1, -0.05) is 24.3 Å². The number of para-hydroxylation sites is 1. The molecule has 3 aromatic heterocycles. The minimum atomic E-state index is -1.14. The number of carbonyl (C=O) groups is 1. The number of hydrogen-bond acceptors (Lipinski definition) is 6. The highest BCUT2D eigenvalue weighted by molar-refractivity contribution is 5.92. The van der Waals surface area contributed by atoms with Crippen LogP contribution in [0.2, 0.25) is 0 Å². The smallest absolute Gasteiger partial charge is 0.410 e. The third-order valence-electron chi connectivity index (χ3n) is 6.90. The first-order valence-corrected chi connectivity index (χ1v) is 13.1. The summed E-state index contributed by atoms with van der Waals surface area (Å²) < 4.78 is 35.9. The first kappa shape index (κ1) is 25.7. The summed E-state index contributed by atoms with van der Waals surface area (Å²) in [6.45, 7) is 7.81. The average Bonchev–Trinajstić information content (AvgIpc) is 3.36. The molecule has 0 N–H and O–H groups in total. The maximum atomic E-state index is 14.6. The molecule has 40 heavy (non-hydrogen) atoms. The summed E-state index contributed by atoms with van der Waals surface area (Å²) in [5.74, 6) is -1.35. The summed E-state index contributed by atoms with van der Waals surface area (Å²) in [6.07, 6.45) is 2.66. The summed E-state index contributed by atoms with van der Waals surface area (Å²) >= 11 is 0. The van der Waals surface area contributed by atoms with Gasteiger partial charge in [0.15, 0.2) is 5.82 Å². The molecule has 0 saturated carbocycles. The van der Waals surface area contributed by atoms with Crippen molar-refractivity contribution in [3.05, 3.63) is 78.9 Å². The highest BCUT2D eigenvalue weighted by Crippen LogP contribution is 2.32. The molecule has 1 aliphatic heterocycles. The van der Waals surface area contributed by atoms with E-state index in [0.29, 0.717) is 37.3 Å². The summed E-state index contributed by atoms with van der Waals surface area (Å²) in [5, 5.41) is 0.921. The Bertz CT molecular complexity index is 1740. The summed E-state index contributed by atoms with van der Waals surface area (Å²) in [6, 6.07) is 16.6. The van der Waals surface area contributed by atoms with E-state index in [2.05, 4.69) is 14.9 Å². The molecule has 0 bridgehead atoms. The molecule has 0 spiro atoms. The summed E-state index contributed by atoms with van der Waals surface area (Å²) in [7, 11) is 0. The third kappa shape index (κ3) is 4.81. The number of hydrogen-bond donors (Lipinski definition) is 0. The molecule has 8 nitrogen and oxygen atoms in total. The maximum absolute atomic E-state index is 14.6. The Kier molecular flexibility index (Phi) is 6.32. The van der Waals surface area contributed by atoms with Crippen molar-refractivity contribution in [2.45, 2.75) is 26.4 Å². The van der Waals surface area contributed by atoms with Gasteiger partial charge in [-0.05, 0) is 50.6 Å². The Morgan fingerprint density at radius 2 is 1.70 bits per heavy atom. The molecular formula is C30H28F2N6O2. The van der Waals surface area contributed by atoms with E-state index in [-0.39, 0.29) is 11.7 Å². The highest BCUT2D eigenvalue weighted by atomic mass is 19.2. The van der Waals surface area contributed by atoms with E-state index in [1.807, 2.05) is 55.7 Å². The number of anilines is 1. The minimum absolute atomic E-state index is 0.130. The van der Waals surface area contributed by atoms with Crippen LogP contribution in [0.15, 0.2) is 67.1 Å². The minimum Gasteiger partial charge on any atom is -0.444 e. The number of nitrogens with zero attached hydrogens (tertiary/aromatic N) is 6. The number of piperazine rings is 1. The second-order valence-corrected chi connectivity index (χ2v) is 10.8. The van der Waals surface area contributed by atoms with E-state index >= 15 is 0 Å². The van der Waals surface area contributed by atoms with Gasteiger partial charge in [0.1, 0.15) is 17.7 Å². The molecule has 1 amide bonds. The number of imidazole rings is 1. The van der Waals surface area contributed by atoms with Crippen LogP contribution in [-0.4, -0.2) is 62.3 Å². The van der Waals surface area contributed by atoms with Crippen LogP contribution in [0.4, 0.5) is 19.4 Å². The Hall–Kier alpha value is -4.60. The van der Waals surface area contributed by atoms with Crippen LogP contribution < -0.4 is 4.90 Å². The van der Waals surface area contributed by atoms with Gasteiger partial charge < -0.3 is 14.5 Å². The second-order valence-electron chi connectivity index (χ2n) is 10.8. The lowest BCUT2D eigenvalue weighted by molar-refractivity contribution is 0.0240. The zero-order chi connectivity index (χ0) is 28.0. The van der Waals surface area contributed by atoms with Gasteiger partial charge in [-0.2, -0.15) is 4.39 Å². The molecule has 1 aliphatic rings. The van der Waals surface area contributed by atoms with Crippen LogP contribution in [0.3, 0.4) is 0 Å². The fourth-order valence-electron chi connectivity index (χ4n) is 4.96. The van der Waals surface area contributed by atoms with Gasteiger partial charge in [0.25, 0.3) is 0 Å². The zero-order valence-corrected chi connectivity index (χ0v) is 22.4. The number of carbonyl (C=O) groups excluding carboxylic acids is 1. The lowest BCUT2D eigenvalue weighted by Gasteiger charge is -2.36. The van der Waals surface area contributed by atoms with Crippen molar-refractivity contribution < 1.29 is 18.3 Å². The van der Waals surface area contributed by atoms with Crippen molar-refractivity contribution in [2.24, 2.45) is 0 Å². The van der Waals surface area contributed by atoms with Gasteiger partial charge in [0.2, 0.25) is 5.95 Å². The molecule has 1 saturated heterocycles. The van der Waals surface area contributed by atoms with Crippen molar-refractivity contribution in [3.63, 3.8) is 0 Å². The molecule has 4 heterocycles. The molecular weight excluding hydrogens is 514 g/mol. The first-order chi connectivity index (χ1) is 19.2. The van der Waals surface area contributed by atoms with Gasteiger partial charge >= 0.3 is 6.09 Å². The number of pyridine rings is 2. The molecule has 1 fully saturated rings. The van der Waals surface area contributed by atoms with Crippen molar-refractivity contribution in [2.75, 3.05) is 31.1 Å². The van der Waals surface area contributed by atoms with E-state index < -0.39 is 17.4 Å². The van der Waals surface area contributed by atoms with Crippen LogP contribution >= 0.6 is 0 Å². The molecule has 5 aromatic rings. The molecule has 2 aromatic carbocycles. The van der Waals surface area contributed by atoms with Crippen LogP contribution in [0, 0.1) is 11.8 Å². The standard InChI is InChI=1S/C30H28F2N6O2/c1-30(2,3)40-29(39)37-14-12-36(13-15-37)26-17-24(21-6-4-5-7-22(21)35-26)38-18-34-23-9-8-19(16-25(23)38)20-10-11-33-28(32)27(20)31/h4-11,16-18H,12-15H2,1-3H3. The monoisotopic (exact) mass is 542 g/mol. The third-order valence-corrected chi connectivity index (χ3v) is 6.90. The molecule has 0 radical (unpaired) electrons. The maximum Gasteiger partial charge on any atom is 0.410 e. The van der Waals surface area contributed by atoms with Crippen LogP contribution in [-0.2, 0) is 4.74 Å². The molecule has 0 aliphatic carbocycles. The van der Waals surface area contributed by atoms with Crippen molar-refractivity contribution in [1.29, 1.82) is 0 Å². The van der Waals surface area contributed by atoms with Crippen molar-refractivity contribution in [3.8, 4) is 16.8 Å². The number of fused-ring (bicyclic) bond motifs is 2. The van der Waals surface area contributed by atoms with Gasteiger partial charge in [0, 0.05) is 49.4 Å². The Morgan fingerprint density at radius 1 is 0.925 bits per heavy atom. The Morgan fingerprint density at radius 3 is 2.48 bits per heavy atom. The predicted molar refractivity (Wildman–Crippen MR) is 150 cm³/mol. The quantitative estimate of drug-likeness (QED) is 0.262. The van der Waals surface area contributed by atoms with Gasteiger partial charge in [-0.15, -0.1) is 0 Å². The average molecular weight is 543 g/mol. The lowest BCUT2D eigenvalue weighted by Crippen LogP contribution is -2.50. The zero-order valence-electron chi connectivity index (χ0n) is 22.4. The van der Waals surface area contributed by atoms with Crippen LogP contribution in [0.1, 0.15) is 20.8 Å². The molecule has 0 unspecified atom stereocenters. The van der Waals surface area contributed by atoms with Crippen molar-refractivity contribution in [1.82, 2.24) is 24.4 Å². The fourth-order valence-corrected chi connectivity index (χ4v) is 4.96. The molecule has 0 atom stereocenters. The highest BCUT2D eigenvalue weighted by Gasteiger charge is 2.27.